The number of hydrogen-bond donors (Lipinski definition) is 2. The van der Waals surface area contributed by atoms with E-state index in [1.54, 1.807) is 0 Å². The van der Waals surface area contributed by atoms with Gasteiger partial charge in [-0.15, -0.1) is 0 Å². The molecule has 2 rings (SSSR count). The van der Waals surface area contributed by atoms with Crippen LogP contribution in [0.15, 0.2) is 42.5 Å². The van der Waals surface area contributed by atoms with E-state index in [-0.39, 0.29) is 11.0 Å². The lowest BCUT2D eigenvalue weighted by Crippen LogP contribution is -2.30. The van der Waals surface area contributed by atoms with Crippen LogP contribution in [-0.2, 0) is 5.41 Å². The maximum Gasteiger partial charge on any atom is 0.131 e. The van der Waals surface area contributed by atoms with Crippen molar-refractivity contribution < 1.29 is 8.78 Å². The molecular weight excluding hydrogens is 270 g/mol. The van der Waals surface area contributed by atoms with E-state index in [2.05, 4.69) is 26.2 Å². The Morgan fingerprint density at radius 1 is 0.952 bits per heavy atom. The van der Waals surface area contributed by atoms with Crippen LogP contribution < -0.4 is 11.3 Å². The van der Waals surface area contributed by atoms with Crippen LogP contribution in [0.4, 0.5) is 8.78 Å². The summed E-state index contributed by atoms with van der Waals surface area (Å²) in [4.78, 5) is 0. The highest BCUT2D eigenvalue weighted by Crippen LogP contribution is 2.28. The van der Waals surface area contributed by atoms with Gasteiger partial charge < -0.3 is 0 Å². The zero-order chi connectivity index (χ0) is 15.6. The third kappa shape index (κ3) is 3.28. The molecule has 0 heterocycles. The molecule has 0 aromatic heterocycles. The summed E-state index contributed by atoms with van der Waals surface area (Å²) in [6.07, 6.45) is 0. The maximum absolute atomic E-state index is 13.9. The highest BCUT2D eigenvalue weighted by Gasteiger charge is 2.21. The molecule has 0 saturated heterocycles. The number of nitrogens with one attached hydrogen (secondary N) is 1. The lowest BCUT2D eigenvalue weighted by Gasteiger charge is -2.22. The summed E-state index contributed by atoms with van der Waals surface area (Å²) in [6, 6.07) is 10.7. The molecule has 0 aliphatic carbocycles. The van der Waals surface area contributed by atoms with Gasteiger partial charge in [0, 0.05) is 5.56 Å². The highest BCUT2D eigenvalue weighted by molar-refractivity contribution is 5.36. The minimum Gasteiger partial charge on any atom is -0.271 e. The Morgan fingerprint density at radius 2 is 1.48 bits per heavy atom. The van der Waals surface area contributed by atoms with Crippen LogP contribution >= 0.6 is 0 Å². The van der Waals surface area contributed by atoms with Crippen molar-refractivity contribution in [2.24, 2.45) is 5.84 Å². The third-order valence-corrected chi connectivity index (χ3v) is 3.57. The van der Waals surface area contributed by atoms with E-state index in [4.69, 9.17) is 5.84 Å². The van der Waals surface area contributed by atoms with Crippen LogP contribution in [0.25, 0.3) is 0 Å². The molecular formula is C17H20F2N2. The second kappa shape index (κ2) is 5.92. The summed E-state index contributed by atoms with van der Waals surface area (Å²) < 4.78 is 27.8. The molecule has 2 nitrogen and oxygen atoms in total. The first kappa shape index (κ1) is 15.6. The molecule has 0 bridgehead atoms. The topological polar surface area (TPSA) is 38.0 Å². The van der Waals surface area contributed by atoms with Crippen LogP contribution in [0.5, 0.6) is 0 Å². The molecule has 3 N–H and O–H groups in total. The summed E-state index contributed by atoms with van der Waals surface area (Å²) in [5, 5.41) is 0. The average molecular weight is 290 g/mol. The fourth-order valence-electron chi connectivity index (χ4n) is 2.31. The summed E-state index contributed by atoms with van der Waals surface area (Å²) in [7, 11) is 0. The van der Waals surface area contributed by atoms with Gasteiger partial charge in [-0.2, -0.15) is 0 Å². The number of hydrazine groups is 1. The Morgan fingerprint density at radius 3 is 1.90 bits per heavy atom. The minimum atomic E-state index is -0.722. The van der Waals surface area contributed by atoms with Crippen molar-refractivity contribution in [2.75, 3.05) is 0 Å². The van der Waals surface area contributed by atoms with E-state index in [0.717, 1.165) is 11.1 Å². The van der Waals surface area contributed by atoms with E-state index >= 15 is 0 Å². The van der Waals surface area contributed by atoms with E-state index in [1.807, 2.05) is 24.3 Å². The van der Waals surface area contributed by atoms with Crippen LogP contribution in [-0.4, -0.2) is 0 Å². The molecule has 2 aromatic rings. The van der Waals surface area contributed by atoms with Crippen LogP contribution in [0, 0.1) is 11.6 Å². The molecule has 0 amide bonds. The third-order valence-electron chi connectivity index (χ3n) is 3.57. The van der Waals surface area contributed by atoms with Crippen molar-refractivity contribution in [3.05, 3.63) is 70.8 Å². The molecule has 4 heteroatoms. The van der Waals surface area contributed by atoms with Crippen molar-refractivity contribution in [3.63, 3.8) is 0 Å². The van der Waals surface area contributed by atoms with E-state index in [0.29, 0.717) is 0 Å². The second-order valence-electron chi connectivity index (χ2n) is 6.11. The quantitative estimate of drug-likeness (QED) is 0.666. The molecule has 0 aliphatic heterocycles. The van der Waals surface area contributed by atoms with Crippen LogP contribution in [0.2, 0.25) is 0 Å². The van der Waals surface area contributed by atoms with E-state index in [9.17, 15) is 8.78 Å². The van der Waals surface area contributed by atoms with Crippen molar-refractivity contribution in [3.8, 4) is 0 Å². The summed E-state index contributed by atoms with van der Waals surface area (Å²) in [5.41, 5.74) is 4.32. The predicted molar refractivity (Wildman–Crippen MR) is 80.7 cm³/mol. The van der Waals surface area contributed by atoms with Crippen molar-refractivity contribution in [1.82, 2.24) is 5.43 Å². The Hall–Kier alpha value is -1.78. The van der Waals surface area contributed by atoms with Gasteiger partial charge in [-0.1, -0.05) is 51.1 Å². The molecule has 1 unspecified atom stereocenters. The van der Waals surface area contributed by atoms with Gasteiger partial charge in [0.2, 0.25) is 0 Å². The van der Waals surface area contributed by atoms with Gasteiger partial charge in [-0.05, 0) is 28.7 Å². The van der Waals surface area contributed by atoms with Gasteiger partial charge in [-0.25, -0.2) is 14.2 Å². The fraction of sp³-hybridized carbons (Fsp3) is 0.294. The van der Waals surface area contributed by atoms with Gasteiger partial charge in [-0.3, -0.25) is 5.84 Å². The van der Waals surface area contributed by atoms with Crippen LogP contribution in [0.1, 0.15) is 43.5 Å². The molecule has 2 aromatic carbocycles. The average Bonchev–Trinajstić information content (AvgIpc) is 2.42. The number of benzene rings is 2. The second-order valence-corrected chi connectivity index (χ2v) is 6.11. The number of hydrogen-bond acceptors (Lipinski definition) is 2. The molecule has 112 valence electrons. The zero-order valence-electron chi connectivity index (χ0n) is 12.5. The minimum absolute atomic E-state index is 0.0212. The summed E-state index contributed by atoms with van der Waals surface area (Å²) in [6.45, 7) is 6.33. The van der Waals surface area contributed by atoms with E-state index in [1.165, 1.54) is 18.2 Å². The molecule has 0 radical (unpaired) electrons. The van der Waals surface area contributed by atoms with Gasteiger partial charge in [0.1, 0.15) is 11.6 Å². The summed E-state index contributed by atoms with van der Waals surface area (Å²) >= 11 is 0. The number of halogens is 2. The largest absolute Gasteiger partial charge is 0.271 e. The van der Waals surface area contributed by atoms with Crippen molar-refractivity contribution in [1.29, 1.82) is 0 Å². The van der Waals surface area contributed by atoms with Gasteiger partial charge in [0.15, 0.2) is 0 Å². The zero-order valence-corrected chi connectivity index (χ0v) is 12.5. The smallest absolute Gasteiger partial charge is 0.131 e. The molecule has 1 atom stereocenters. The van der Waals surface area contributed by atoms with Crippen molar-refractivity contribution >= 4 is 0 Å². The maximum atomic E-state index is 13.9. The fourth-order valence-corrected chi connectivity index (χ4v) is 2.31. The van der Waals surface area contributed by atoms with Crippen molar-refractivity contribution in [2.45, 2.75) is 32.2 Å². The van der Waals surface area contributed by atoms with Gasteiger partial charge >= 0.3 is 0 Å². The predicted octanol–water partition coefficient (Wildman–Crippen LogP) is 3.82. The standard InChI is InChI=1S/C17H20F2N2/c1-17(2,3)12-9-7-11(8-10-12)16(21-20)15-13(18)5-4-6-14(15)19/h4-10,16,21H,20H2,1-3H3. The van der Waals surface area contributed by atoms with Gasteiger partial charge in [0.05, 0.1) is 6.04 Å². The molecule has 0 saturated carbocycles. The van der Waals surface area contributed by atoms with Gasteiger partial charge in [0.25, 0.3) is 0 Å². The Kier molecular flexibility index (Phi) is 4.40. The Labute approximate surface area is 124 Å². The number of nitrogens with two attached hydrogens (primary N) is 1. The first-order chi connectivity index (χ1) is 9.84. The normalized spacial score (nSPS) is 13.2. The van der Waals surface area contributed by atoms with E-state index < -0.39 is 17.7 Å². The Bertz CT molecular complexity index is 595. The molecule has 0 fully saturated rings. The molecule has 0 spiro atoms. The first-order valence-corrected chi connectivity index (χ1v) is 6.85. The molecule has 0 aliphatic rings. The molecule has 21 heavy (non-hydrogen) atoms. The number of rotatable bonds is 3. The lowest BCUT2D eigenvalue weighted by molar-refractivity contribution is 0.510. The Balaban J connectivity index is 2.43. The SMILES string of the molecule is CC(C)(C)c1ccc(C(NN)c2c(F)cccc2F)cc1. The van der Waals surface area contributed by atoms with Crippen LogP contribution in [0.3, 0.4) is 0 Å². The monoisotopic (exact) mass is 290 g/mol. The first-order valence-electron chi connectivity index (χ1n) is 6.85. The lowest BCUT2D eigenvalue weighted by atomic mass is 9.86. The highest BCUT2D eigenvalue weighted by atomic mass is 19.1. The summed E-state index contributed by atoms with van der Waals surface area (Å²) in [5.74, 6) is 4.29.